The smallest absolute Gasteiger partial charge is 0.329 e. The lowest BCUT2D eigenvalue weighted by atomic mass is 9.96. The predicted molar refractivity (Wildman–Crippen MR) is 167 cm³/mol. The number of ether oxygens (including phenoxy) is 1. The molecule has 0 aromatic heterocycles. The Labute approximate surface area is 250 Å². The minimum atomic E-state index is -0.916. The van der Waals surface area contributed by atoms with Gasteiger partial charge in [0.15, 0.2) is 0 Å². The molecule has 0 fully saturated rings. The third-order valence-electron chi connectivity index (χ3n) is 7.12. The molecule has 0 bridgehead atoms. The van der Waals surface area contributed by atoms with Gasteiger partial charge in [0.2, 0.25) is 5.91 Å². The van der Waals surface area contributed by atoms with Crippen molar-refractivity contribution < 1.29 is 19.1 Å². The Bertz CT molecular complexity index is 1260. The summed E-state index contributed by atoms with van der Waals surface area (Å²) in [5.74, 6) is -0.838. The highest BCUT2D eigenvalue weighted by atomic mass is 16.5. The first-order valence-corrected chi connectivity index (χ1v) is 14.8. The highest BCUT2D eigenvalue weighted by Gasteiger charge is 2.28. The SMILES string of the molecule is CC(C)CCC(CN(CC(C)C)C(=O)N[C@@H](Cc1ccc(-c2ccccc2)cc1)C(=O)OCc1ccccc1)C(N)=O. The Morgan fingerprint density at radius 2 is 1.33 bits per heavy atom. The van der Waals surface area contributed by atoms with Crippen molar-refractivity contribution in [2.45, 2.75) is 59.6 Å². The number of carbonyl (C=O) groups excluding carboxylic acids is 3. The fourth-order valence-corrected chi connectivity index (χ4v) is 4.77. The van der Waals surface area contributed by atoms with Crippen molar-refractivity contribution in [3.8, 4) is 11.1 Å². The Hall–Kier alpha value is -4.13. The minimum absolute atomic E-state index is 0.105. The fraction of sp³-hybridized carbons (Fsp3) is 0.400. The largest absolute Gasteiger partial charge is 0.459 e. The van der Waals surface area contributed by atoms with Crippen molar-refractivity contribution in [2.24, 2.45) is 23.5 Å². The molecular weight excluding hydrogens is 526 g/mol. The van der Waals surface area contributed by atoms with Gasteiger partial charge < -0.3 is 20.7 Å². The zero-order chi connectivity index (χ0) is 30.5. The number of hydrogen-bond donors (Lipinski definition) is 2. The third-order valence-corrected chi connectivity index (χ3v) is 7.12. The van der Waals surface area contributed by atoms with Crippen molar-refractivity contribution in [3.63, 3.8) is 0 Å². The van der Waals surface area contributed by atoms with Crippen LogP contribution in [0.25, 0.3) is 11.1 Å². The van der Waals surface area contributed by atoms with Crippen LogP contribution in [0.5, 0.6) is 0 Å². The van der Waals surface area contributed by atoms with E-state index in [-0.39, 0.29) is 25.5 Å². The zero-order valence-corrected chi connectivity index (χ0v) is 25.3. The first kappa shape index (κ1) is 32.4. The fourth-order valence-electron chi connectivity index (χ4n) is 4.77. The molecule has 0 spiro atoms. The van der Waals surface area contributed by atoms with Gasteiger partial charge in [-0.3, -0.25) is 4.79 Å². The number of benzene rings is 3. The second-order valence-corrected chi connectivity index (χ2v) is 11.7. The predicted octanol–water partition coefficient (Wildman–Crippen LogP) is 6.21. The molecular formula is C35H45N3O4. The van der Waals surface area contributed by atoms with E-state index in [1.807, 2.05) is 98.8 Å². The van der Waals surface area contributed by atoms with Crippen molar-refractivity contribution in [3.05, 3.63) is 96.1 Å². The summed E-state index contributed by atoms with van der Waals surface area (Å²) in [4.78, 5) is 40.9. The number of amides is 3. The molecule has 7 heteroatoms. The summed E-state index contributed by atoms with van der Waals surface area (Å²) < 4.78 is 5.66. The van der Waals surface area contributed by atoms with Crippen LogP contribution >= 0.6 is 0 Å². The maximum absolute atomic E-state index is 13.6. The van der Waals surface area contributed by atoms with Gasteiger partial charge in [-0.2, -0.15) is 0 Å². The maximum atomic E-state index is 13.6. The van der Waals surface area contributed by atoms with E-state index in [0.29, 0.717) is 18.9 Å². The zero-order valence-electron chi connectivity index (χ0n) is 25.3. The second-order valence-electron chi connectivity index (χ2n) is 11.7. The Balaban J connectivity index is 1.79. The van der Waals surface area contributed by atoms with Crippen molar-refractivity contribution >= 4 is 17.9 Å². The molecule has 42 heavy (non-hydrogen) atoms. The highest BCUT2D eigenvalue weighted by molar-refractivity contribution is 5.84. The van der Waals surface area contributed by atoms with Crippen LogP contribution < -0.4 is 11.1 Å². The standard InChI is InChI=1S/C35H45N3O4/c1-25(2)15-18-31(33(36)39)23-38(22-26(3)4)35(41)37-32(34(40)42-24-28-11-7-5-8-12-28)21-27-16-19-30(20-17-27)29-13-9-6-10-14-29/h5-14,16-17,19-20,25-26,31-32H,15,18,21-24H2,1-4H3,(H2,36,39)(H,37,41)/t31?,32-/m0/s1. The van der Waals surface area contributed by atoms with Crippen LogP contribution in [-0.4, -0.2) is 41.9 Å². The van der Waals surface area contributed by atoms with Gasteiger partial charge in [-0.15, -0.1) is 0 Å². The van der Waals surface area contributed by atoms with Gasteiger partial charge in [0.1, 0.15) is 12.6 Å². The van der Waals surface area contributed by atoms with Gasteiger partial charge >= 0.3 is 12.0 Å². The van der Waals surface area contributed by atoms with Gasteiger partial charge in [0.25, 0.3) is 0 Å². The lowest BCUT2D eigenvalue weighted by molar-refractivity contribution is -0.147. The number of nitrogens with zero attached hydrogens (tertiary/aromatic N) is 1. The molecule has 0 heterocycles. The quantitative estimate of drug-likeness (QED) is 0.212. The first-order chi connectivity index (χ1) is 20.1. The number of esters is 1. The number of primary amides is 1. The lowest BCUT2D eigenvalue weighted by Gasteiger charge is -2.30. The van der Waals surface area contributed by atoms with E-state index in [2.05, 4.69) is 19.2 Å². The Morgan fingerprint density at radius 1 is 0.738 bits per heavy atom. The van der Waals surface area contributed by atoms with E-state index in [1.165, 1.54) is 0 Å². The molecule has 3 aromatic rings. The summed E-state index contributed by atoms with van der Waals surface area (Å²) in [5, 5.41) is 2.92. The van der Waals surface area contributed by atoms with Crippen LogP contribution in [0.15, 0.2) is 84.9 Å². The molecule has 0 radical (unpaired) electrons. The summed E-state index contributed by atoms with van der Waals surface area (Å²) in [7, 11) is 0. The number of rotatable bonds is 15. The maximum Gasteiger partial charge on any atom is 0.329 e. The topological polar surface area (TPSA) is 102 Å². The normalized spacial score (nSPS) is 12.5. The van der Waals surface area contributed by atoms with Gasteiger partial charge in [-0.05, 0) is 40.5 Å². The van der Waals surface area contributed by atoms with Gasteiger partial charge in [-0.25, -0.2) is 9.59 Å². The summed E-state index contributed by atoms with van der Waals surface area (Å²) in [5.41, 5.74) is 9.64. The lowest BCUT2D eigenvalue weighted by Crippen LogP contribution is -2.52. The van der Waals surface area contributed by atoms with Gasteiger partial charge in [-0.1, -0.05) is 119 Å². The molecule has 7 nitrogen and oxygen atoms in total. The van der Waals surface area contributed by atoms with E-state index in [9.17, 15) is 14.4 Å². The molecule has 3 rings (SSSR count). The highest BCUT2D eigenvalue weighted by Crippen LogP contribution is 2.20. The first-order valence-electron chi connectivity index (χ1n) is 14.8. The number of carbonyl (C=O) groups is 3. The minimum Gasteiger partial charge on any atom is -0.459 e. The summed E-state index contributed by atoms with van der Waals surface area (Å²) in [6, 6.07) is 26.1. The van der Waals surface area contributed by atoms with E-state index in [1.54, 1.807) is 4.90 Å². The number of urea groups is 1. The molecule has 3 aromatic carbocycles. The van der Waals surface area contributed by atoms with Crippen LogP contribution in [-0.2, 0) is 27.4 Å². The molecule has 0 aliphatic rings. The van der Waals surface area contributed by atoms with Crippen LogP contribution in [0.4, 0.5) is 4.79 Å². The van der Waals surface area contributed by atoms with E-state index in [4.69, 9.17) is 10.5 Å². The third kappa shape index (κ3) is 10.7. The average Bonchev–Trinajstić information content (AvgIpc) is 2.98. The summed E-state index contributed by atoms with van der Waals surface area (Å²) >= 11 is 0. The molecule has 3 amide bonds. The monoisotopic (exact) mass is 571 g/mol. The average molecular weight is 572 g/mol. The molecule has 0 saturated heterocycles. The van der Waals surface area contributed by atoms with Crippen LogP contribution in [0.3, 0.4) is 0 Å². The molecule has 3 N–H and O–H groups in total. The van der Waals surface area contributed by atoms with E-state index in [0.717, 1.165) is 28.7 Å². The van der Waals surface area contributed by atoms with Crippen LogP contribution in [0.2, 0.25) is 0 Å². The number of nitrogens with two attached hydrogens (primary N) is 1. The molecule has 2 atom stereocenters. The summed E-state index contributed by atoms with van der Waals surface area (Å²) in [6.07, 6.45) is 1.69. The Kier molecular flexibility index (Phi) is 12.6. The van der Waals surface area contributed by atoms with E-state index < -0.39 is 29.9 Å². The van der Waals surface area contributed by atoms with Crippen LogP contribution in [0.1, 0.15) is 51.7 Å². The molecule has 0 aliphatic heterocycles. The van der Waals surface area contributed by atoms with Crippen molar-refractivity contribution in [2.75, 3.05) is 13.1 Å². The number of hydrogen-bond acceptors (Lipinski definition) is 4. The Morgan fingerprint density at radius 3 is 1.90 bits per heavy atom. The number of nitrogens with one attached hydrogen (secondary N) is 1. The van der Waals surface area contributed by atoms with Gasteiger partial charge in [0.05, 0.1) is 5.92 Å². The molecule has 0 aliphatic carbocycles. The van der Waals surface area contributed by atoms with E-state index >= 15 is 0 Å². The van der Waals surface area contributed by atoms with Crippen molar-refractivity contribution in [1.82, 2.24) is 10.2 Å². The second kappa shape index (κ2) is 16.3. The molecule has 1 unspecified atom stereocenters. The summed E-state index contributed by atoms with van der Waals surface area (Å²) in [6.45, 7) is 8.93. The van der Waals surface area contributed by atoms with Crippen molar-refractivity contribution in [1.29, 1.82) is 0 Å². The van der Waals surface area contributed by atoms with Gasteiger partial charge in [0, 0.05) is 19.5 Å². The van der Waals surface area contributed by atoms with Crippen LogP contribution in [0, 0.1) is 17.8 Å². The molecule has 224 valence electrons. The molecule has 0 saturated carbocycles.